The standard InChI is InChI=1S/C19H21FN4O2/c1-26-18-10-21-13(9-17(18)25)11-24-7-3-2-4-16(24)19-22-14-6-5-12(20)8-15(14)23-19/h5-6,8-10,16H,2-4,7,11H2,1H3,(H,21,25)(H,22,23)/t16-/m0/s1. The van der Waals surface area contributed by atoms with Crippen LogP contribution in [0.5, 0.6) is 5.75 Å². The number of aromatic amines is 2. The Kier molecular flexibility index (Phi) is 4.46. The molecule has 1 aliphatic heterocycles. The number of fused-ring (bicyclic) bond motifs is 1. The van der Waals surface area contributed by atoms with Crippen LogP contribution in [0.1, 0.15) is 36.8 Å². The number of hydrogen-bond donors (Lipinski definition) is 2. The summed E-state index contributed by atoms with van der Waals surface area (Å²) in [4.78, 5) is 25.4. The molecule has 0 aliphatic carbocycles. The van der Waals surface area contributed by atoms with Crippen molar-refractivity contribution in [3.63, 3.8) is 0 Å². The van der Waals surface area contributed by atoms with Crippen molar-refractivity contribution in [3.8, 4) is 5.75 Å². The van der Waals surface area contributed by atoms with E-state index in [2.05, 4.69) is 19.9 Å². The van der Waals surface area contributed by atoms with Gasteiger partial charge in [0.15, 0.2) is 5.75 Å². The van der Waals surface area contributed by atoms with Gasteiger partial charge in [0.05, 0.1) is 24.2 Å². The Labute approximate surface area is 150 Å². The molecule has 7 heteroatoms. The summed E-state index contributed by atoms with van der Waals surface area (Å²) >= 11 is 0. The van der Waals surface area contributed by atoms with E-state index in [-0.39, 0.29) is 17.3 Å². The summed E-state index contributed by atoms with van der Waals surface area (Å²) in [7, 11) is 1.48. The number of hydrogen-bond acceptors (Lipinski definition) is 4. The van der Waals surface area contributed by atoms with Crippen molar-refractivity contribution in [3.05, 3.63) is 58.0 Å². The number of nitrogens with zero attached hydrogens (tertiary/aromatic N) is 2. The summed E-state index contributed by atoms with van der Waals surface area (Å²) in [6.45, 7) is 1.54. The van der Waals surface area contributed by atoms with Gasteiger partial charge in [0.2, 0.25) is 5.43 Å². The van der Waals surface area contributed by atoms with Crippen molar-refractivity contribution >= 4 is 11.0 Å². The predicted octanol–water partition coefficient (Wildman–Crippen LogP) is 3.13. The highest BCUT2D eigenvalue weighted by Gasteiger charge is 2.27. The molecule has 4 rings (SSSR count). The molecule has 0 unspecified atom stereocenters. The lowest BCUT2D eigenvalue weighted by molar-refractivity contribution is 0.133. The van der Waals surface area contributed by atoms with Crippen LogP contribution in [0.4, 0.5) is 4.39 Å². The van der Waals surface area contributed by atoms with E-state index in [0.29, 0.717) is 17.8 Å². The first-order valence-electron chi connectivity index (χ1n) is 8.79. The minimum atomic E-state index is -0.274. The third-order valence-electron chi connectivity index (χ3n) is 4.92. The number of ether oxygens (including phenoxy) is 1. The lowest BCUT2D eigenvalue weighted by atomic mass is 10.0. The summed E-state index contributed by atoms with van der Waals surface area (Å²) < 4.78 is 18.5. The molecule has 0 saturated carbocycles. The number of pyridine rings is 1. The van der Waals surface area contributed by atoms with Gasteiger partial charge in [-0.3, -0.25) is 9.69 Å². The van der Waals surface area contributed by atoms with Gasteiger partial charge < -0.3 is 14.7 Å². The van der Waals surface area contributed by atoms with E-state index in [1.54, 1.807) is 18.3 Å². The van der Waals surface area contributed by atoms with Crippen molar-refractivity contribution in [2.75, 3.05) is 13.7 Å². The molecular weight excluding hydrogens is 335 g/mol. The SMILES string of the molecule is COc1c[nH]c(CN2CCCC[C@H]2c2nc3ccc(F)cc3[nH]2)cc1=O. The van der Waals surface area contributed by atoms with Crippen LogP contribution in [0.3, 0.4) is 0 Å². The molecule has 0 spiro atoms. The van der Waals surface area contributed by atoms with Crippen molar-refractivity contribution in [2.24, 2.45) is 0 Å². The van der Waals surface area contributed by atoms with Gasteiger partial charge >= 0.3 is 0 Å². The van der Waals surface area contributed by atoms with Gasteiger partial charge in [0, 0.05) is 24.5 Å². The van der Waals surface area contributed by atoms with E-state index in [9.17, 15) is 9.18 Å². The second-order valence-electron chi connectivity index (χ2n) is 6.66. The van der Waals surface area contributed by atoms with Crippen LogP contribution in [-0.2, 0) is 6.54 Å². The van der Waals surface area contributed by atoms with Crippen molar-refractivity contribution in [1.82, 2.24) is 19.9 Å². The number of benzene rings is 1. The fourth-order valence-corrected chi connectivity index (χ4v) is 3.62. The average Bonchev–Trinajstić information content (AvgIpc) is 3.05. The molecule has 1 saturated heterocycles. The number of methoxy groups -OCH3 is 1. The molecule has 2 aromatic heterocycles. The largest absolute Gasteiger partial charge is 0.491 e. The van der Waals surface area contributed by atoms with Gasteiger partial charge in [-0.05, 0) is 37.6 Å². The quantitative estimate of drug-likeness (QED) is 0.753. The lowest BCUT2D eigenvalue weighted by Crippen LogP contribution is -2.34. The van der Waals surface area contributed by atoms with Gasteiger partial charge in [-0.25, -0.2) is 9.37 Å². The highest BCUT2D eigenvalue weighted by Crippen LogP contribution is 2.31. The second-order valence-corrected chi connectivity index (χ2v) is 6.66. The smallest absolute Gasteiger partial charge is 0.223 e. The summed E-state index contributed by atoms with van der Waals surface area (Å²) in [6.07, 6.45) is 4.79. The van der Waals surface area contributed by atoms with Crippen LogP contribution in [0.15, 0.2) is 35.3 Å². The maximum absolute atomic E-state index is 13.4. The van der Waals surface area contributed by atoms with E-state index < -0.39 is 0 Å². The highest BCUT2D eigenvalue weighted by atomic mass is 19.1. The molecule has 6 nitrogen and oxygen atoms in total. The van der Waals surface area contributed by atoms with Crippen molar-refractivity contribution < 1.29 is 9.13 Å². The van der Waals surface area contributed by atoms with E-state index in [1.165, 1.54) is 19.2 Å². The number of rotatable bonds is 4. The van der Waals surface area contributed by atoms with E-state index in [1.807, 2.05) is 0 Å². The molecule has 0 radical (unpaired) electrons. The third kappa shape index (κ3) is 3.22. The zero-order chi connectivity index (χ0) is 18.1. The zero-order valence-electron chi connectivity index (χ0n) is 14.6. The molecule has 1 fully saturated rings. The van der Waals surface area contributed by atoms with E-state index in [0.717, 1.165) is 42.8 Å². The molecule has 0 bridgehead atoms. The molecule has 1 aromatic carbocycles. The molecular formula is C19H21FN4O2. The molecule has 26 heavy (non-hydrogen) atoms. The Hall–Kier alpha value is -2.67. The average molecular weight is 356 g/mol. The summed E-state index contributed by atoms with van der Waals surface area (Å²) in [5.74, 6) is 0.883. The van der Waals surface area contributed by atoms with Crippen LogP contribution in [0, 0.1) is 5.82 Å². The number of aromatic nitrogens is 3. The van der Waals surface area contributed by atoms with Crippen LogP contribution < -0.4 is 10.2 Å². The lowest BCUT2D eigenvalue weighted by Gasteiger charge is -2.34. The zero-order valence-corrected chi connectivity index (χ0v) is 14.6. The molecule has 3 heterocycles. The molecule has 0 amide bonds. The third-order valence-corrected chi connectivity index (χ3v) is 4.92. The Morgan fingerprint density at radius 2 is 2.23 bits per heavy atom. The first-order chi connectivity index (χ1) is 12.6. The van der Waals surface area contributed by atoms with Crippen molar-refractivity contribution in [2.45, 2.75) is 31.8 Å². The minimum Gasteiger partial charge on any atom is -0.491 e. The molecule has 2 N–H and O–H groups in total. The highest BCUT2D eigenvalue weighted by molar-refractivity contribution is 5.75. The monoisotopic (exact) mass is 356 g/mol. The van der Waals surface area contributed by atoms with Gasteiger partial charge in [-0.1, -0.05) is 6.42 Å². The molecule has 1 aliphatic rings. The van der Waals surface area contributed by atoms with E-state index >= 15 is 0 Å². The topological polar surface area (TPSA) is 74.0 Å². The second kappa shape index (κ2) is 6.92. The van der Waals surface area contributed by atoms with Gasteiger partial charge in [-0.15, -0.1) is 0 Å². The van der Waals surface area contributed by atoms with Gasteiger partial charge in [0.25, 0.3) is 0 Å². The van der Waals surface area contributed by atoms with Gasteiger partial charge in [-0.2, -0.15) is 0 Å². The van der Waals surface area contributed by atoms with Crippen LogP contribution in [-0.4, -0.2) is 33.5 Å². The number of piperidine rings is 1. The fourth-order valence-electron chi connectivity index (χ4n) is 3.62. The Morgan fingerprint density at radius 1 is 1.35 bits per heavy atom. The minimum absolute atomic E-state index is 0.116. The first-order valence-corrected chi connectivity index (χ1v) is 8.79. The maximum atomic E-state index is 13.4. The fraction of sp³-hybridized carbons (Fsp3) is 0.368. The Morgan fingerprint density at radius 3 is 3.04 bits per heavy atom. The van der Waals surface area contributed by atoms with Crippen LogP contribution >= 0.6 is 0 Å². The number of H-pyrrole nitrogens is 2. The summed E-state index contributed by atoms with van der Waals surface area (Å²) in [6, 6.07) is 6.29. The normalized spacial score (nSPS) is 18.3. The van der Waals surface area contributed by atoms with Crippen LogP contribution in [0.25, 0.3) is 11.0 Å². The van der Waals surface area contributed by atoms with Crippen molar-refractivity contribution in [1.29, 1.82) is 0 Å². The number of imidazole rings is 1. The Balaban J connectivity index is 1.61. The molecule has 3 aromatic rings. The number of likely N-dealkylation sites (tertiary alicyclic amines) is 1. The Bertz CT molecular complexity index is 981. The maximum Gasteiger partial charge on any atom is 0.223 e. The summed E-state index contributed by atoms with van der Waals surface area (Å²) in [5, 5.41) is 0. The number of nitrogens with one attached hydrogen (secondary N) is 2. The predicted molar refractivity (Wildman–Crippen MR) is 96.7 cm³/mol. The van der Waals surface area contributed by atoms with E-state index in [4.69, 9.17) is 4.74 Å². The summed E-state index contributed by atoms with van der Waals surface area (Å²) in [5.41, 5.74) is 2.19. The van der Waals surface area contributed by atoms with Crippen LogP contribution in [0.2, 0.25) is 0 Å². The molecule has 1 atom stereocenters. The number of halogens is 1. The van der Waals surface area contributed by atoms with Gasteiger partial charge in [0.1, 0.15) is 11.6 Å². The first kappa shape index (κ1) is 16.8. The molecule has 136 valence electrons.